The zero-order valence-corrected chi connectivity index (χ0v) is 15.8. The average molecular weight is 402 g/mol. The summed E-state index contributed by atoms with van der Waals surface area (Å²) in [5.74, 6) is -0.205. The van der Waals surface area contributed by atoms with Crippen molar-refractivity contribution >= 4 is 25.4 Å². The van der Waals surface area contributed by atoms with E-state index in [1.165, 1.54) is 4.46 Å². The van der Waals surface area contributed by atoms with Gasteiger partial charge < -0.3 is 0 Å². The van der Waals surface area contributed by atoms with E-state index in [-0.39, 0.29) is 31.8 Å². The quantitative estimate of drug-likeness (QED) is 0.207. The third-order valence-corrected chi connectivity index (χ3v) is 6.45. The maximum atomic E-state index is 11.8. The summed E-state index contributed by atoms with van der Waals surface area (Å²) in [5, 5.41) is 4.06. The molecule has 0 N–H and O–H groups in total. The zero-order valence-electron chi connectivity index (χ0n) is 14.1. The van der Waals surface area contributed by atoms with E-state index >= 15 is 0 Å². The van der Waals surface area contributed by atoms with E-state index in [9.17, 15) is 4.79 Å². The van der Waals surface area contributed by atoms with Crippen molar-refractivity contribution in [3.05, 3.63) is 76.7 Å². The molecule has 0 spiro atoms. The van der Waals surface area contributed by atoms with Gasteiger partial charge in [0.1, 0.15) is 0 Å². The summed E-state index contributed by atoms with van der Waals surface area (Å²) in [7, 11) is 0. The molecule has 0 amide bonds. The van der Waals surface area contributed by atoms with E-state index < -0.39 is 0 Å². The molecular weight excluding hydrogens is 381 g/mol. The van der Waals surface area contributed by atoms with Gasteiger partial charge in [-0.15, -0.1) is 0 Å². The normalized spacial score (nSPS) is 12.7. The molecule has 0 aliphatic carbocycles. The molecule has 5 nitrogen and oxygen atoms in total. The molecule has 2 aromatic rings. The molecule has 0 saturated heterocycles. The topological polar surface area (TPSA) is 75.1 Å². The molecule has 0 aliphatic rings. The standard InChI is InChI=1S/C19H21N3O2Se/c1-2-24-18(23)14-13-17(25-16-11-7-4-8-12-16)19(21-22-20)15-9-5-3-6-10-15/h3-12,17,19H,2,13-14H2,1H3/t17-,19+/m0/s1. The van der Waals surface area contributed by atoms with E-state index in [1.807, 2.05) is 48.5 Å². The Kier molecular flexibility index (Phi) is 8.06. The second-order valence-electron chi connectivity index (χ2n) is 5.37. The average Bonchev–Trinajstić information content (AvgIpc) is 2.65. The summed E-state index contributed by atoms with van der Waals surface area (Å²) < 4.78 is 6.27. The van der Waals surface area contributed by atoms with Gasteiger partial charge in [0.15, 0.2) is 0 Å². The number of benzene rings is 2. The van der Waals surface area contributed by atoms with Crippen LogP contribution in [0.1, 0.15) is 31.4 Å². The molecule has 130 valence electrons. The number of hydrogen-bond donors (Lipinski definition) is 0. The number of carbonyl (C=O) groups is 1. The van der Waals surface area contributed by atoms with Crippen LogP contribution >= 0.6 is 0 Å². The second kappa shape index (κ2) is 10.6. The van der Waals surface area contributed by atoms with Crippen LogP contribution in [0.2, 0.25) is 4.82 Å². The van der Waals surface area contributed by atoms with Crippen LogP contribution in [0.5, 0.6) is 0 Å². The molecule has 25 heavy (non-hydrogen) atoms. The minimum absolute atomic E-state index is 0.0719. The number of ether oxygens (including phenoxy) is 1. The molecule has 2 atom stereocenters. The first kappa shape index (κ1) is 19.1. The number of carbonyl (C=O) groups excluding carboxylic acids is 1. The first-order chi connectivity index (χ1) is 12.2. The number of hydrogen-bond acceptors (Lipinski definition) is 3. The van der Waals surface area contributed by atoms with Gasteiger partial charge in [0.25, 0.3) is 0 Å². The third-order valence-electron chi connectivity index (χ3n) is 3.64. The van der Waals surface area contributed by atoms with E-state index in [1.54, 1.807) is 6.92 Å². The van der Waals surface area contributed by atoms with E-state index in [0.717, 1.165) is 5.56 Å². The van der Waals surface area contributed by atoms with Crippen LogP contribution in [0.15, 0.2) is 65.8 Å². The van der Waals surface area contributed by atoms with Crippen LogP contribution in [0.25, 0.3) is 10.4 Å². The van der Waals surface area contributed by atoms with Crippen molar-refractivity contribution < 1.29 is 9.53 Å². The minimum atomic E-state index is -0.291. The number of rotatable bonds is 9. The summed E-state index contributed by atoms with van der Waals surface area (Å²) in [6, 6.07) is 19.6. The monoisotopic (exact) mass is 403 g/mol. The summed E-state index contributed by atoms with van der Waals surface area (Å²) in [6.45, 7) is 2.18. The summed E-state index contributed by atoms with van der Waals surface area (Å²) in [5.41, 5.74) is 10.0. The Labute approximate surface area is 154 Å². The van der Waals surface area contributed by atoms with Crippen molar-refractivity contribution in [2.24, 2.45) is 5.11 Å². The number of azide groups is 1. The molecule has 0 saturated carbocycles. The van der Waals surface area contributed by atoms with Gasteiger partial charge in [0.2, 0.25) is 0 Å². The molecule has 0 aromatic heterocycles. The van der Waals surface area contributed by atoms with Crippen molar-refractivity contribution in [1.29, 1.82) is 0 Å². The van der Waals surface area contributed by atoms with E-state index in [0.29, 0.717) is 19.4 Å². The maximum absolute atomic E-state index is 11.8. The molecule has 0 unspecified atom stereocenters. The van der Waals surface area contributed by atoms with Crippen LogP contribution in [0, 0.1) is 0 Å². The Morgan fingerprint density at radius 3 is 2.40 bits per heavy atom. The van der Waals surface area contributed by atoms with Crippen molar-refractivity contribution in [3.63, 3.8) is 0 Å². The van der Waals surface area contributed by atoms with Gasteiger partial charge in [-0.1, -0.05) is 0 Å². The van der Waals surface area contributed by atoms with Crippen LogP contribution in [0.4, 0.5) is 0 Å². The third kappa shape index (κ3) is 6.28. The summed E-state index contributed by atoms with van der Waals surface area (Å²) >= 11 is 0.0719. The van der Waals surface area contributed by atoms with Gasteiger partial charge in [-0.05, 0) is 0 Å². The van der Waals surface area contributed by atoms with Crippen molar-refractivity contribution in [2.75, 3.05) is 6.61 Å². The summed E-state index contributed by atoms with van der Waals surface area (Å²) in [4.78, 5) is 14.9. The fourth-order valence-electron chi connectivity index (χ4n) is 2.51. The van der Waals surface area contributed by atoms with Crippen molar-refractivity contribution in [1.82, 2.24) is 0 Å². The first-order valence-corrected chi connectivity index (χ1v) is 10.1. The summed E-state index contributed by atoms with van der Waals surface area (Å²) in [6.07, 6.45) is 0.962. The van der Waals surface area contributed by atoms with Gasteiger partial charge in [0.05, 0.1) is 0 Å². The molecule has 0 fully saturated rings. The van der Waals surface area contributed by atoms with Crippen LogP contribution in [0.3, 0.4) is 0 Å². The van der Waals surface area contributed by atoms with Crippen molar-refractivity contribution in [3.8, 4) is 0 Å². The van der Waals surface area contributed by atoms with Gasteiger partial charge in [-0.3, -0.25) is 0 Å². The molecule has 2 rings (SSSR count). The fraction of sp³-hybridized carbons (Fsp3) is 0.316. The van der Waals surface area contributed by atoms with Gasteiger partial charge in [-0.25, -0.2) is 0 Å². The number of nitrogens with zero attached hydrogens (tertiary/aromatic N) is 3. The Bertz CT molecular complexity index is 703. The predicted octanol–water partition coefficient (Wildman–Crippen LogP) is 4.20. The Morgan fingerprint density at radius 1 is 1.16 bits per heavy atom. The number of esters is 1. The fourth-order valence-corrected chi connectivity index (χ4v) is 5.11. The molecule has 2 aromatic carbocycles. The van der Waals surface area contributed by atoms with Crippen LogP contribution in [-0.4, -0.2) is 27.5 Å². The van der Waals surface area contributed by atoms with Gasteiger partial charge in [0, 0.05) is 0 Å². The molecular formula is C19H21N3O2Se. The first-order valence-electron chi connectivity index (χ1n) is 8.21. The van der Waals surface area contributed by atoms with Crippen LogP contribution < -0.4 is 4.46 Å². The molecule has 0 heterocycles. The van der Waals surface area contributed by atoms with Crippen LogP contribution in [-0.2, 0) is 9.53 Å². The Morgan fingerprint density at radius 2 is 1.80 bits per heavy atom. The second-order valence-corrected chi connectivity index (χ2v) is 8.13. The molecule has 6 heteroatoms. The van der Waals surface area contributed by atoms with E-state index in [2.05, 4.69) is 22.2 Å². The van der Waals surface area contributed by atoms with Gasteiger partial charge in [-0.2, -0.15) is 0 Å². The predicted molar refractivity (Wildman–Crippen MR) is 99.8 cm³/mol. The zero-order chi connectivity index (χ0) is 17.9. The molecule has 0 bridgehead atoms. The Hall–Kier alpha value is -2.26. The van der Waals surface area contributed by atoms with Crippen molar-refractivity contribution in [2.45, 2.75) is 30.6 Å². The van der Waals surface area contributed by atoms with Gasteiger partial charge >= 0.3 is 154 Å². The Balaban J connectivity index is 2.23. The molecule has 0 radical (unpaired) electrons. The molecule has 0 aliphatic heterocycles. The van der Waals surface area contributed by atoms with E-state index in [4.69, 9.17) is 10.3 Å². The SMILES string of the molecule is CCOC(=O)CC[C@H]([Se]c1ccccc1)[C@H](N=[N+]=[N-])c1ccccc1.